The lowest BCUT2D eigenvalue weighted by Gasteiger charge is -2.58. The van der Waals surface area contributed by atoms with Crippen LogP contribution < -0.4 is 0 Å². The van der Waals surface area contributed by atoms with Gasteiger partial charge in [-0.1, -0.05) is 12.5 Å². The highest BCUT2D eigenvalue weighted by atomic mass is 16.5. The Hall–Kier alpha value is -1.75. The van der Waals surface area contributed by atoms with Crippen LogP contribution in [0.2, 0.25) is 0 Å². The Labute approximate surface area is 153 Å². The number of carbonyl (C=O) groups excluding carboxylic acids is 3. The Balaban J connectivity index is 1.73. The Morgan fingerprint density at radius 2 is 1.96 bits per heavy atom. The van der Waals surface area contributed by atoms with Gasteiger partial charge >= 0.3 is 5.97 Å². The molecule has 0 bridgehead atoms. The standard InChI is InChI=1S/C21H26O5/c1-12(22)26-14-4-7-19(2)13(10-14)11-16(23)18-15(19)5-8-20(3)17(24)6-9-21(18,20)25/h6,9,11,14-15,18,25H,4-5,7-8,10H2,1-3H3/t14-,15-,18-,19-,20+,21+/m0/s1. The van der Waals surface area contributed by atoms with Gasteiger partial charge < -0.3 is 9.84 Å². The van der Waals surface area contributed by atoms with Crippen molar-refractivity contribution >= 4 is 17.5 Å². The molecule has 4 aliphatic rings. The molecule has 0 heterocycles. The summed E-state index contributed by atoms with van der Waals surface area (Å²) in [5.74, 6) is -1.05. The number of hydrogen-bond donors (Lipinski definition) is 1. The fourth-order valence-corrected chi connectivity index (χ4v) is 6.00. The number of fused-ring (bicyclic) bond motifs is 5. The molecular formula is C21H26O5. The third-order valence-corrected chi connectivity index (χ3v) is 7.69. The van der Waals surface area contributed by atoms with Gasteiger partial charge in [0.05, 0.1) is 11.3 Å². The maximum atomic E-state index is 13.1. The lowest BCUT2D eigenvalue weighted by molar-refractivity contribution is -0.170. The lowest BCUT2D eigenvalue weighted by Crippen LogP contribution is -2.63. The quantitative estimate of drug-likeness (QED) is 0.729. The summed E-state index contributed by atoms with van der Waals surface area (Å²) < 4.78 is 5.38. The minimum absolute atomic E-state index is 0.00176. The van der Waals surface area contributed by atoms with Crippen LogP contribution in [0, 0.1) is 22.7 Å². The number of rotatable bonds is 1. The topological polar surface area (TPSA) is 80.7 Å². The molecule has 26 heavy (non-hydrogen) atoms. The molecule has 0 radical (unpaired) electrons. The van der Waals surface area contributed by atoms with Gasteiger partial charge in [-0.15, -0.1) is 0 Å². The molecule has 0 aromatic carbocycles. The van der Waals surface area contributed by atoms with Gasteiger partial charge in [-0.25, -0.2) is 0 Å². The van der Waals surface area contributed by atoms with Crippen LogP contribution in [-0.2, 0) is 19.1 Å². The molecule has 0 aliphatic heterocycles. The number of allylic oxidation sites excluding steroid dienone is 2. The van der Waals surface area contributed by atoms with Crippen molar-refractivity contribution in [2.75, 3.05) is 0 Å². The van der Waals surface area contributed by atoms with Crippen LogP contribution in [0.25, 0.3) is 0 Å². The summed E-state index contributed by atoms with van der Waals surface area (Å²) in [4.78, 5) is 36.8. The second-order valence-electron chi connectivity index (χ2n) is 8.94. The number of ether oxygens (including phenoxy) is 1. The Bertz CT molecular complexity index is 764. The van der Waals surface area contributed by atoms with Crippen molar-refractivity contribution in [2.45, 2.75) is 64.6 Å². The van der Waals surface area contributed by atoms with Crippen LogP contribution in [0.15, 0.2) is 23.8 Å². The van der Waals surface area contributed by atoms with E-state index in [1.54, 1.807) is 19.1 Å². The molecule has 4 aliphatic carbocycles. The number of ketones is 2. The first kappa shape index (κ1) is 17.7. The highest BCUT2D eigenvalue weighted by Crippen LogP contribution is 2.63. The Morgan fingerprint density at radius 1 is 1.23 bits per heavy atom. The monoisotopic (exact) mass is 358 g/mol. The molecule has 4 rings (SSSR count). The maximum Gasteiger partial charge on any atom is 0.302 e. The SMILES string of the molecule is CC(=O)O[C@H]1CC[C@@]2(C)C(=CC(=O)[C@@H]3[C@@H]2CC[C@]2(C)C(=O)C=C[C@@]32O)C1. The van der Waals surface area contributed by atoms with Crippen LogP contribution in [0.5, 0.6) is 0 Å². The molecule has 0 spiro atoms. The van der Waals surface area contributed by atoms with E-state index in [-0.39, 0.29) is 35.0 Å². The summed E-state index contributed by atoms with van der Waals surface area (Å²) in [6.45, 7) is 5.36. The van der Waals surface area contributed by atoms with Gasteiger partial charge in [0.25, 0.3) is 0 Å². The van der Waals surface area contributed by atoms with E-state index in [0.29, 0.717) is 12.8 Å². The average molecular weight is 358 g/mol. The van der Waals surface area contributed by atoms with Crippen LogP contribution in [0.4, 0.5) is 0 Å². The molecule has 2 saturated carbocycles. The zero-order chi connectivity index (χ0) is 18.9. The largest absolute Gasteiger partial charge is 0.462 e. The highest BCUT2D eigenvalue weighted by Gasteiger charge is 2.67. The van der Waals surface area contributed by atoms with E-state index < -0.39 is 16.9 Å². The molecule has 0 aromatic heterocycles. The van der Waals surface area contributed by atoms with Gasteiger partial charge in [-0.3, -0.25) is 14.4 Å². The van der Waals surface area contributed by atoms with Crippen molar-refractivity contribution in [3.05, 3.63) is 23.8 Å². The van der Waals surface area contributed by atoms with Gasteiger partial charge in [-0.05, 0) is 62.2 Å². The zero-order valence-corrected chi connectivity index (χ0v) is 15.6. The van der Waals surface area contributed by atoms with Gasteiger partial charge in [0.1, 0.15) is 11.7 Å². The van der Waals surface area contributed by atoms with Crippen LogP contribution in [-0.4, -0.2) is 34.3 Å². The Kier molecular flexibility index (Phi) is 3.65. The number of hydrogen-bond acceptors (Lipinski definition) is 5. The van der Waals surface area contributed by atoms with E-state index in [1.165, 1.54) is 13.0 Å². The number of carbonyl (C=O) groups is 3. The summed E-state index contributed by atoms with van der Waals surface area (Å²) in [6, 6.07) is 0. The number of esters is 1. The van der Waals surface area contributed by atoms with Crippen molar-refractivity contribution in [1.82, 2.24) is 0 Å². The van der Waals surface area contributed by atoms with Crippen molar-refractivity contribution in [1.29, 1.82) is 0 Å². The predicted molar refractivity (Wildman–Crippen MR) is 94.0 cm³/mol. The van der Waals surface area contributed by atoms with E-state index in [9.17, 15) is 19.5 Å². The summed E-state index contributed by atoms with van der Waals surface area (Å²) in [5, 5.41) is 11.5. The minimum atomic E-state index is -1.40. The van der Waals surface area contributed by atoms with Gasteiger partial charge in [0, 0.05) is 13.3 Å². The average Bonchev–Trinajstić information content (AvgIpc) is 2.80. The van der Waals surface area contributed by atoms with Gasteiger partial charge in [0.2, 0.25) is 0 Å². The fourth-order valence-electron chi connectivity index (χ4n) is 6.00. The summed E-state index contributed by atoms with van der Waals surface area (Å²) >= 11 is 0. The van der Waals surface area contributed by atoms with Crippen LogP contribution in [0.1, 0.15) is 52.9 Å². The Morgan fingerprint density at radius 3 is 2.65 bits per heavy atom. The molecule has 2 fully saturated rings. The van der Waals surface area contributed by atoms with Gasteiger partial charge in [0.15, 0.2) is 11.6 Å². The van der Waals surface area contributed by atoms with Gasteiger partial charge in [-0.2, -0.15) is 0 Å². The molecule has 0 unspecified atom stereocenters. The number of aliphatic hydroxyl groups is 1. The molecule has 0 amide bonds. The molecule has 5 heteroatoms. The van der Waals surface area contributed by atoms with Crippen molar-refractivity contribution < 1.29 is 24.2 Å². The first-order valence-corrected chi connectivity index (χ1v) is 9.50. The zero-order valence-electron chi connectivity index (χ0n) is 15.6. The van der Waals surface area contributed by atoms with Crippen molar-refractivity contribution in [2.24, 2.45) is 22.7 Å². The first-order chi connectivity index (χ1) is 12.1. The molecule has 0 saturated heterocycles. The van der Waals surface area contributed by atoms with Crippen LogP contribution in [0.3, 0.4) is 0 Å². The normalized spacial score (nSPS) is 46.9. The third-order valence-electron chi connectivity index (χ3n) is 7.69. The first-order valence-electron chi connectivity index (χ1n) is 9.50. The summed E-state index contributed by atoms with van der Waals surface area (Å²) in [7, 11) is 0. The molecule has 0 aromatic rings. The third kappa shape index (κ3) is 2.10. The summed E-state index contributed by atoms with van der Waals surface area (Å²) in [5.41, 5.74) is -1.48. The lowest BCUT2D eigenvalue weighted by atomic mass is 9.46. The van der Waals surface area contributed by atoms with E-state index in [0.717, 1.165) is 24.8 Å². The highest BCUT2D eigenvalue weighted by molar-refractivity contribution is 6.03. The maximum absolute atomic E-state index is 13.1. The second-order valence-corrected chi connectivity index (χ2v) is 8.94. The molecule has 6 atom stereocenters. The predicted octanol–water partition coefficient (Wildman–Crippen LogP) is 2.52. The van der Waals surface area contributed by atoms with E-state index in [1.807, 2.05) is 0 Å². The molecule has 5 nitrogen and oxygen atoms in total. The molecular weight excluding hydrogens is 332 g/mol. The molecule has 140 valence electrons. The van der Waals surface area contributed by atoms with Crippen molar-refractivity contribution in [3.63, 3.8) is 0 Å². The minimum Gasteiger partial charge on any atom is -0.462 e. The smallest absolute Gasteiger partial charge is 0.302 e. The second kappa shape index (κ2) is 5.38. The van der Waals surface area contributed by atoms with Crippen LogP contribution >= 0.6 is 0 Å². The molecule has 1 N–H and O–H groups in total. The van der Waals surface area contributed by atoms with E-state index in [2.05, 4.69) is 6.92 Å². The fraction of sp³-hybridized carbons (Fsp3) is 0.667. The summed E-state index contributed by atoms with van der Waals surface area (Å²) in [6.07, 6.45) is 7.99. The van der Waals surface area contributed by atoms with E-state index >= 15 is 0 Å². The van der Waals surface area contributed by atoms with Crippen molar-refractivity contribution in [3.8, 4) is 0 Å². The van der Waals surface area contributed by atoms with E-state index in [4.69, 9.17) is 4.74 Å².